The molecular formula is C19H23NO3S. The average Bonchev–Trinajstić information content (AvgIpc) is 2.98. The van der Waals surface area contributed by atoms with E-state index in [4.69, 9.17) is 4.74 Å². The molecule has 1 atom stereocenters. The maximum atomic E-state index is 12.9. The van der Waals surface area contributed by atoms with Crippen LogP contribution in [0.25, 0.3) is 10.1 Å². The predicted octanol–water partition coefficient (Wildman–Crippen LogP) is 3.44. The summed E-state index contributed by atoms with van der Waals surface area (Å²) in [7, 11) is 0. The Hall–Kier alpha value is -1.43. The summed E-state index contributed by atoms with van der Waals surface area (Å²) in [5, 5.41) is 13.4. The second-order valence-corrected chi connectivity index (χ2v) is 8.30. The smallest absolute Gasteiger partial charge is 0.255 e. The summed E-state index contributed by atoms with van der Waals surface area (Å²) in [6.45, 7) is 3.89. The number of ether oxygens (including phenoxy) is 1. The van der Waals surface area contributed by atoms with E-state index in [0.717, 1.165) is 28.5 Å². The van der Waals surface area contributed by atoms with Crippen LogP contribution in [0.3, 0.4) is 0 Å². The van der Waals surface area contributed by atoms with Gasteiger partial charge in [0.05, 0.1) is 23.4 Å². The predicted molar refractivity (Wildman–Crippen MR) is 95.5 cm³/mol. The molecule has 24 heavy (non-hydrogen) atoms. The Labute approximate surface area is 146 Å². The largest absolute Gasteiger partial charge is 0.390 e. The third-order valence-corrected chi connectivity index (χ3v) is 6.39. The maximum absolute atomic E-state index is 12.9. The highest BCUT2D eigenvalue weighted by Gasteiger charge is 2.45. The number of carbonyl (C=O) groups excluding carboxylic acids is 1. The van der Waals surface area contributed by atoms with Crippen molar-refractivity contribution in [3.05, 3.63) is 35.2 Å². The van der Waals surface area contributed by atoms with Crippen LogP contribution >= 0.6 is 11.3 Å². The van der Waals surface area contributed by atoms with E-state index in [-0.39, 0.29) is 11.5 Å². The molecular weight excluding hydrogens is 322 g/mol. The molecule has 1 N–H and O–H groups in total. The number of hydrogen-bond donors (Lipinski definition) is 1. The number of amides is 1. The van der Waals surface area contributed by atoms with Crippen molar-refractivity contribution in [2.24, 2.45) is 0 Å². The number of benzene rings is 1. The van der Waals surface area contributed by atoms with Crippen molar-refractivity contribution >= 4 is 27.3 Å². The lowest BCUT2D eigenvalue weighted by Gasteiger charge is -2.48. The fourth-order valence-electron chi connectivity index (χ4n) is 4.07. The number of rotatable bonds is 1. The van der Waals surface area contributed by atoms with E-state index in [9.17, 15) is 9.90 Å². The van der Waals surface area contributed by atoms with Crippen LogP contribution in [-0.2, 0) is 4.74 Å². The van der Waals surface area contributed by atoms with Crippen molar-refractivity contribution in [1.82, 2.24) is 4.90 Å². The highest BCUT2D eigenvalue weighted by molar-refractivity contribution is 7.17. The summed E-state index contributed by atoms with van der Waals surface area (Å²) in [4.78, 5) is 14.9. The molecule has 0 aliphatic carbocycles. The third kappa shape index (κ3) is 2.85. The van der Waals surface area contributed by atoms with Gasteiger partial charge in [-0.1, -0.05) is 18.2 Å². The molecule has 0 saturated carbocycles. The zero-order valence-corrected chi connectivity index (χ0v) is 14.8. The van der Waals surface area contributed by atoms with E-state index in [1.54, 1.807) is 11.3 Å². The number of hydrogen-bond acceptors (Lipinski definition) is 4. The van der Waals surface area contributed by atoms with Crippen molar-refractivity contribution in [3.8, 4) is 0 Å². The molecule has 2 fully saturated rings. The number of aliphatic hydroxyl groups is 1. The minimum absolute atomic E-state index is 0.116. The molecule has 0 radical (unpaired) electrons. The minimum atomic E-state index is -0.645. The summed E-state index contributed by atoms with van der Waals surface area (Å²) < 4.78 is 7.19. The van der Waals surface area contributed by atoms with Crippen molar-refractivity contribution < 1.29 is 14.6 Å². The van der Waals surface area contributed by atoms with Crippen LogP contribution in [0.4, 0.5) is 0 Å². The van der Waals surface area contributed by atoms with E-state index in [2.05, 4.69) is 6.07 Å². The van der Waals surface area contributed by atoms with Crippen LogP contribution in [0.15, 0.2) is 29.6 Å². The van der Waals surface area contributed by atoms with Gasteiger partial charge in [-0.2, -0.15) is 0 Å². The maximum Gasteiger partial charge on any atom is 0.255 e. The summed E-state index contributed by atoms with van der Waals surface area (Å²) in [5.74, 6) is 0.116. The number of carbonyl (C=O) groups is 1. The Morgan fingerprint density at radius 1 is 1.25 bits per heavy atom. The third-order valence-electron chi connectivity index (χ3n) is 5.43. The second-order valence-electron chi connectivity index (χ2n) is 7.39. The molecule has 1 unspecified atom stereocenters. The summed E-state index contributed by atoms with van der Waals surface area (Å²) in [5.41, 5.74) is -0.0911. The quantitative estimate of drug-likeness (QED) is 0.861. The SMILES string of the molecule is CC1(O)CCOC2(CCN(C(=O)c3csc4ccccc34)CC2)C1. The van der Waals surface area contributed by atoms with Gasteiger partial charge in [-0.15, -0.1) is 11.3 Å². The van der Waals surface area contributed by atoms with Gasteiger partial charge in [0.2, 0.25) is 0 Å². The van der Waals surface area contributed by atoms with Gasteiger partial charge >= 0.3 is 0 Å². The Balaban J connectivity index is 1.49. The molecule has 3 heterocycles. The number of thiophene rings is 1. The highest BCUT2D eigenvalue weighted by atomic mass is 32.1. The number of piperidine rings is 1. The first-order valence-electron chi connectivity index (χ1n) is 8.60. The van der Waals surface area contributed by atoms with Gasteiger partial charge in [0.25, 0.3) is 5.91 Å². The molecule has 1 aromatic heterocycles. The van der Waals surface area contributed by atoms with Crippen LogP contribution in [-0.4, -0.2) is 46.8 Å². The average molecular weight is 345 g/mol. The molecule has 1 spiro atoms. The van der Waals surface area contributed by atoms with E-state index in [1.807, 2.05) is 35.4 Å². The Bertz CT molecular complexity index is 759. The van der Waals surface area contributed by atoms with Crippen molar-refractivity contribution in [1.29, 1.82) is 0 Å². The lowest BCUT2D eigenvalue weighted by Crippen LogP contribution is -2.54. The van der Waals surface area contributed by atoms with Gasteiger partial charge in [-0.25, -0.2) is 0 Å². The van der Waals surface area contributed by atoms with Crippen LogP contribution in [0.5, 0.6) is 0 Å². The zero-order chi connectivity index (χ0) is 16.8. The molecule has 0 bridgehead atoms. The fourth-order valence-corrected chi connectivity index (χ4v) is 5.01. The van der Waals surface area contributed by atoms with Crippen LogP contribution in [0.2, 0.25) is 0 Å². The molecule has 2 saturated heterocycles. The molecule has 1 amide bonds. The first-order valence-corrected chi connectivity index (χ1v) is 9.48. The standard InChI is InChI=1S/C19H23NO3S/c1-18(22)8-11-23-19(13-18)6-9-20(10-7-19)17(21)15-12-24-16-5-3-2-4-14(15)16/h2-5,12,22H,6-11,13H2,1H3. The molecule has 2 aliphatic heterocycles. The molecule has 128 valence electrons. The molecule has 4 rings (SSSR count). The zero-order valence-electron chi connectivity index (χ0n) is 14.0. The molecule has 2 aromatic rings. The first kappa shape index (κ1) is 16.1. The van der Waals surface area contributed by atoms with Crippen LogP contribution in [0.1, 0.15) is 43.0 Å². The van der Waals surface area contributed by atoms with Crippen molar-refractivity contribution in [3.63, 3.8) is 0 Å². The van der Waals surface area contributed by atoms with Crippen LogP contribution in [0, 0.1) is 0 Å². The van der Waals surface area contributed by atoms with Gasteiger partial charge in [0.15, 0.2) is 0 Å². The minimum Gasteiger partial charge on any atom is -0.390 e. The topological polar surface area (TPSA) is 49.8 Å². The molecule has 4 nitrogen and oxygen atoms in total. The van der Waals surface area contributed by atoms with Crippen molar-refractivity contribution in [2.45, 2.75) is 43.8 Å². The molecule has 2 aliphatic rings. The lowest BCUT2D eigenvalue weighted by atomic mass is 9.78. The van der Waals surface area contributed by atoms with Gasteiger partial charge in [-0.3, -0.25) is 4.79 Å². The lowest BCUT2D eigenvalue weighted by molar-refractivity contribution is -0.170. The Morgan fingerprint density at radius 2 is 2.00 bits per heavy atom. The van der Waals surface area contributed by atoms with Gasteiger partial charge in [-0.05, 0) is 32.3 Å². The number of nitrogens with zero attached hydrogens (tertiary/aromatic N) is 1. The van der Waals surface area contributed by atoms with Gasteiger partial charge < -0.3 is 14.7 Å². The Morgan fingerprint density at radius 3 is 2.75 bits per heavy atom. The molecule has 1 aromatic carbocycles. The second kappa shape index (κ2) is 5.83. The summed E-state index contributed by atoms with van der Waals surface area (Å²) >= 11 is 1.62. The normalized spacial score (nSPS) is 26.8. The number of likely N-dealkylation sites (tertiary alicyclic amines) is 1. The van der Waals surface area contributed by atoms with Gasteiger partial charge in [0, 0.05) is 35.0 Å². The molecule has 5 heteroatoms. The monoisotopic (exact) mass is 345 g/mol. The summed E-state index contributed by atoms with van der Waals surface area (Å²) in [6.07, 6.45) is 2.97. The van der Waals surface area contributed by atoms with Gasteiger partial charge in [0.1, 0.15) is 0 Å². The fraction of sp³-hybridized carbons (Fsp3) is 0.526. The van der Waals surface area contributed by atoms with Crippen molar-refractivity contribution in [2.75, 3.05) is 19.7 Å². The van der Waals surface area contributed by atoms with E-state index in [0.29, 0.717) is 32.5 Å². The summed E-state index contributed by atoms with van der Waals surface area (Å²) in [6, 6.07) is 8.06. The number of fused-ring (bicyclic) bond motifs is 1. The first-order chi connectivity index (χ1) is 11.5. The van der Waals surface area contributed by atoms with Crippen LogP contribution < -0.4 is 0 Å². The van der Waals surface area contributed by atoms with E-state index in [1.165, 1.54) is 0 Å². The highest BCUT2D eigenvalue weighted by Crippen LogP contribution is 2.40. The van der Waals surface area contributed by atoms with E-state index < -0.39 is 5.60 Å². The van der Waals surface area contributed by atoms with E-state index >= 15 is 0 Å². The Kier molecular flexibility index (Phi) is 3.90.